The zero-order valence-corrected chi connectivity index (χ0v) is 11.2. The number of aryl methyl sites for hydroxylation is 1. The van der Waals surface area contributed by atoms with Gasteiger partial charge in [0.05, 0.1) is 23.3 Å². The van der Waals surface area contributed by atoms with Crippen LogP contribution in [0, 0.1) is 6.92 Å². The van der Waals surface area contributed by atoms with Crippen molar-refractivity contribution in [3.63, 3.8) is 0 Å². The van der Waals surface area contributed by atoms with Gasteiger partial charge in [-0.1, -0.05) is 0 Å². The van der Waals surface area contributed by atoms with E-state index in [1.54, 1.807) is 24.3 Å². The number of hydrogen-bond acceptors (Lipinski definition) is 4. The number of carbonyl (C=O) groups excluding carboxylic acids is 1. The van der Waals surface area contributed by atoms with E-state index in [9.17, 15) is 4.79 Å². The summed E-state index contributed by atoms with van der Waals surface area (Å²) in [7, 11) is 0. The van der Waals surface area contributed by atoms with Crippen LogP contribution >= 0.6 is 15.9 Å². The average Bonchev–Trinajstić information content (AvgIpc) is 2.33. The third-order valence-electron chi connectivity index (χ3n) is 2.32. The van der Waals surface area contributed by atoms with Crippen molar-refractivity contribution in [3.05, 3.63) is 46.5 Å². The molecule has 2 heterocycles. The number of amides is 1. The van der Waals surface area contributed by atoms with Crippen molar-refractivity contribution in [3.8, 4) is 0 Å². The number of nitrogens with one attached hydrogen (secondary N) is 1. The van der Waals surface area contributed by atoms with Gasteiger partial charge in [-0.15, -0.1) is 0 Å². The van der Waals surface area contributed by atoms with Crippen LogP contribution in [-0.2, 0) is 0 Å². The maximum atomic E-state index is 11.9. The normalized spacial score (nSPS) is 10.1. The molecule has 0 spiro atoms. The fourth-order valence-electron chi connectivity index (χ4n) is 1.39. The van der Waals surface area contributed by atoms with Crippen LogP contribution in [0.5, 0.6) is 0 Å². The van der Waals surface area contributed by atoms with Crippen LogP contribution in [0.2, 0.25) is 0 Å². The Hall–Kier alpha value is -1.95. The van der Waals surface area contributed by atoms with Gasteiger partial charge in [-0.25, -0.2) is 9.97 Å². The zero-order valence-electron chi connectivity index (χ0n) is 9.64. The van der Waals surface area contributed by atoms with Crippen LogP contribution in [0.25, 0.3) is 0 Å². The minimum Gasteiger partial charge on any atom is -0.397 e. The van der Waals surface area contributed by atoms with Crippen molar-refractivity contribution in [2.24, 2.45) is 0 Å². The molecule has 5 nitrogen and oxygen atoms in total. The summed E-state index contributed by atoms with van der Waals surface area (Å²) in [4.78, 5) is 20.1. The molecule has 0 bridgehead atoms. The lowest BCUT2D eigenvalue weighted by atomic mass is 10.3. The van der Waals surface area contributed by atoms with Gasteiger partial charge in [-0.05, 0) is 47.1 Å². The largest absolute Gasteiger partial charge is 0.397 e. The molecule has 0 aliphatic heterocycles. The standard InChI is InChI=1S/C12H11BrN4O/c1-7-9(4-5-11(13)16-7)17-12(18)10-3-2-8(14)6-15-10/h2-6H,14H2,1H3,(H,17,18). The van der Waals surface area contributed by atoms with Gasteiger partial charge in [-0.3, -0.25) is 4.79 Å². The fraction of sp³-hybridized carbons (Fsp3) is 0.0833. The number of nitrogens with two attached hydrogens (primary N) is 1. The molecule has 18 heavy (non-hydrogen) atoms. The highest BCUT2D eigenvalue weighted by molar-refractivity contribution is 9.10. The number of hydrogen-bond donors (Lipinski definition) is 2. The fourth-order valence-corrected chi connectivity index (χ4v) is 1.79. The highest BCUT2D eigenvalue weighted by Crippen LogP contribution is 2.16. The Morgan fingerprint density at radius 1 is 1.33 bits per heavy atom. The summed E-state index contributed by atoms with van der Waals surface area (Å²) in [5.74, 6) is -0.290. The van der Waals surface area contributed by atoms with Crippen LogP contribution in [0.15, 0.2) is 35.1 Å². The Bertz CT molecular complexity index is 583. The lowest BCUT2D eigenvalue weighted by Gasteiger charge is -2.07. The number of pyridine rings is 2. The first-order valence-corrected chi connectivity index (χ1v) is 6.01. The smallest absolute Gasteiger partial charge is 0.274 e. The molecule has 0 radical (unpaired) electrons. The van der Waals surface area contributed by atoms with Gasteiger partial charge >= 0.3 is 0 Å². The molecule has 0 aliphatic carbocycles. The van der Waals surface area contributed by atoms with Crippen molar-refractivity contribution >= 4 is 33.2 Å². The first-order chi connectivity index (χ1) is 8.56. The molecule has 0 atom stereocenters. The maximum absolute atomic E-state index is 11.9. The molecule has 2 aromatic rings. The lowest BCUT2D eigenvalue weighted by molar-refractivity contribution is 0.102. The average molecular weight is 307 g/mol. The highest BCUT2D eigenvalue weighted by atomic mass is 79.9. The highest BCUT2D eigenvalue weighted by Gasteiger charge is 2.09. The van der Waals surface area contributed by atoms with Crippen molar-refractivity contribution < 1.29 is 4.79 Å². The predicted octanol–water partition coefficient (Wildman–Crippen LogP) is 2.38. The molecule has 0 saturated heterocycles. The molecule has 0 unspecified atom stereocenters. The Morgan fingerprint density at radius 2 is 2.11 bits per heavy atom. The summed E-state index contributed by atoms with van der Waals surface area (Å²) < 4.78 is 0.726. The summed E-state index contributed by atoms with van der Waals surface area (Å²) in [6, 6.07) is 6.75. The van der Waals surface area contributed by atoms with Crippen LogP contribution in [0.3, 0.4) is 0 Å². The number of aromatic nitrogens is 2. The molecular formula is C12H11BrN4O. The first kappa shape index (κ1) is 12.5. The van der Waals surface area contributed by atoms with Crippen LogP contribution in [-0.4, -0.2) is 15.9 Å². The number of carbonyl (C=O) groups is 1. The summed E-state index contributed by atoms with van der Waals surface area (Å²) >= 11 is 3.27. The van der Waals surface area contributed by atoms with Gasteiger partial charge in [0.2, 0.25) is 0 Å². The summed E-state index contributed by atoms with van der Waals surface area (Å²) in [6.07, 6.45) is 1.45. The van der Waals surface area contributed by atoms with Crippen molar-refractivity contribution in [2.45, 2.75) is 6.92 Å². The van der Waals surface area contributed by atoms with Crippen LogP contribution in [0.4, 0.5) is 11.4 Å². The quantitative estimate of drug-likeness (QED) is 0.835. The molecule has 2 rings (SSSR count). The minimum absolute atomic E-state index is 0.290. The van der Waals surface area contributed by atoms with Gasteiger partial charge in [0.1, 0.15) is 10.3 Å². The molecule has 0 fully saturated rings. The van der Waals surface area contributed by atoms with Crippen LogP contribution < -0.4 is 11.1 Å². The topological polar surface area (TPSA) is 80.9 Å². The second-order valence-corrected chi connectivity index (χ2v) is 4.51. The second kappa shape index (κ2) is 5.14. The summed E-state index contributed by atoms with van der Waals surface area (Å²) in [6.45, 7) is 1.82. The Morgan fingerprint density at radius 3 is 2.72 bits per heavy atom. The molecule has 0 aromatic carbocycles. The van der Waals surface area contributed by atoms with Gasteiger partial charge in [0.15, 0.2) is 0 Å². The van der Waals surface area contributed by atoms with E-state index in [1.165, 1.54) is 6.20 Å². The molecule has 0 saturated carbocycles. The SMILES string of the molecule is Cc1nc(Br)ccc1NC(=O)c1ccc(N)cn1. The van der Waals surface area contributed by atoms with E-state index >= 15 is 0 Å². The number of halogens is 1. The summed E-state index contributed by atoms with van der Waals surface area (Å²) in [5, 5.41) is 2.75. The van der Waals surface area contributed by atoms with E-state index in [4.69, 9.17) is 5.73 Å². The molecule has 3 N–H and O–H groups in total. The second-order valence-electron chi connectivity index (χ2n) is 3.70. The molecule has 1 amide bonds. The van der Waals surface area contributed by atoms with Gasteiger partial charge in [-0.2, -0.15) is 0 Å². The minimum atomic E-state index is -0.290. The Kier molecular flexibility index (Phi) is 3.57. The molecule has 92 valence electrons. The van der Waals surface area contributed by atoms with Gasteiger partial charge < -0.3 is 11.1 Å². The third-order valence-corrected chi connectivity index (χ3v) is 2.76. The third kappa shape index (κ3) is 2.84. The number of rotatable bonds is 2. The van der Waals surface area contributed by atoms with E-state index in [1.807, 2.05) is 6.92 Å². The predicted molar refractivity (Wildman–Crippen MR) is 73.3 cm³/mol. The maximum Gasteiger partial charge on any atom is 0.274 e. The molecule has 2 aromatic heterocycles. The van der Waals surface area contributed by atoms with Crippen LogP contribution in [0.1, 0.15) is 16.2 Å². The van der Waals surface area contributed by atoms with E-state index in [2.05, 4.69) is 31.2 Å². The van der Waals surface area contributed by atoms with Crippen molar-refractivity contribution in [2.75, 3.05) is 11.1 Å². The number of nitrogen functional groups attached to an aromatic ring is 1. The van der Waals surface area contributed by atoms with Gasteiger partial charge in [0.25, 0.3) is 5.91 Å². The van der Waals surface area contributed by atoms with Crippen molar-refractivity contribution in [1.82, 2.24) is 9.97 Å². The van der Waals surface area contributed by atoms with E-state index in [0.29, 0.717) is 17.1 Å². The lowest BCUT2D eigenvalue weighted by Crippen LogP contribution is -2.14. The van der Waals surface area contributed by atoms with Crippen molar-refractivity contribution in [1.29, 1.82) is 0 Å². The number of anilines is 2. The Balaban J connectivity index is 2.18. The summed E-state index contributed by atoms with van der Waals surface area (Å²) in [5.41, 5.74) is 7.73. The molecule has 0 aliphatic rings. The molecular weight excluding hydrogens is 296 g/mol. The van der Waals surface area contributed by atoms with E-state index in [0.717, 1.165) is 10.3 Å². The van der Waals surface area contributed by atoms with Gasteiger partial charge in [0, 0.05) is 0 Å². The number of nitrogens with zero attached hydrogens (tertiary/aromatic N) is 2. The zero-order chi connectivity index (χ0) is 13.1. The van der Waals surface area contributed by atoms with E-state index < -0.39 is 0 Å². The van der Waals surface area contributed by atoms with E-state index in [-0.39, 0.29) is 5.91 Å². The molecule has 6 heteroatoms. The monoisotopic (exact) mass is 306 g/mol. The Labute approximate surface area is 113 Å². The first-order valence-electron chi connectivity index (χ1n) is 5.22.